The second-order valence-electron chi connectivity index (χ2n) is 14.4. The number of aliphatic hydroxyl groups excluding tert-OH is 1. The van der Waals surface area contributed by atoms with Crippen molar-refractivity contribution in [1.82, 2.24) is 9.97 Å². The third-order valence-electron chi connectivity index (χ3n) is 10.1. The number of ketones is 1. The summed E-state index contributed by atoms with van der Waals surface area (Å²) in [6, 6.07) is 14.5. The Morgan fingerprint density at radius 2 is 1.48 bits per heavy atom. The number of nitrogens with zero attached hydrogens (tertiary/aromatic N) is 2. The average Bonchev–Trinajstić information content (AvgIpc) is 2.98. The molecule has 4 aromatic rings. The molecule has 1 radical (unpaired) electrons. The van der Waals surface area contributed by atoms with Gasteiger partial charge in [0.2, 0.25) is 0 Å². The molecule has 0 bridgehead atoms. The van der Waals surface area contributed by atoms with Gasteiger partial charge in [-0.1, -0.05) is 104 Å². The minimum absolute atomic E-state index is 0. The Balaban J connectivity index is 0.000000356. The molecule has 0 saturated carbocycles. The summed E-state index contributed by atoms with van der Waals surface area (Å²) in [6.45, 7) is 28.1. The molecule has 0 atom stereocenters. The monoisotopic (exact) mass is 816 g/mol. The maximum absolute atomic E-state index is 12.2. The number of aliphatic hydroxyl groups is 1. The minimum atomic E-state index is -1.47. The molecule has 4 rings (SSSR count). The van der Waals surface area contributed by atoms with Gasteiger partial charge >= 0.3 is 0 Å². The van der Waals surface area contributed by atoms with E-state index in [4.69, 9.17) is 4.98 Å². The van der Waals surface area contributed by atoms with Crippen molar-refractivity contribution in [3.8, 4) is 11.3 Å². The van der Waals surface area contributed by atoms with Crippen LogP contribution in [0.3, 0.4) is 0 Å². The van der Waals surface area contributed by atoms with Crippen LogP contribution in [0.25, 0.3) is 32.9 Å². The van der Waals surface area contributed by atoms with Gasteiger partial charge in [-0.2, -0.15) is 0 Å². The van der Waals surface area contributed by atoms with E-state index in [0.717, 1.165) is 53.4 Å². The zero-order valence-electron chi connectivity index (χ0n) is 30.5. The van der Waals surface area contributed by atoms with Crippen molar-refractivity contribution in [2.24, 2.45) is 10.8 Å². The molecule has 1 heterocycles. The van der Waals surface area contributed by atoms with Crippen LogP contribution in [0, 0.1) is 44.6 Å². The average molecular weight is 816 g/mol. The van der Waals surface area contributed by atoms with Crippen LogP contribution in [0.15, 0.2) is 48.5 Å². The van der Waals surface area contributed by atoms with Crippen molar-refractivity contribution in [1.29, 1.82) is 0 Å². The number of aryl methyl sites for hydroxylation is 4. The Morgan fingerprint density at radius 1 is 0.891 bits per heavy atom. The number of allylic oxidation sites excluding steroid dienone is 2. The van der Waals surface area contributed by atoms with Gasteiger partial charge < -0.3 is 5.11 Å². The predicted octanol–water partition coefficient (Wildman–Crippen LogP) is 10.7. The Kier molecular flexibility index (Phi) is 13.3. The summed E-state index contributed by atoms with van der Waals surface area (Å²) in [5.41, 5.74) is 7.60. The van der Waals surface area contributed by atoms with Crippen LogP contribution < -0.4 is 5.19 Å². The standard InChI is InChI=1S/C25H27N2Si.C15H28O2.Ir/c1-15-10-16(2)12-20(11-15)23-21-9-8-19-13-17(3)25(28(5,6)7)18(4)22(19)24(21)27-14-26-23;1-7-14(5,8-2)12(16)11-13(17)15(6,9-3)10-4;/h8-11,13-14H,1-7H3;11,16H,7-10H2,1-6H3;/q-1;;/b;12-11-;. The van der Waals surface area contributed by atoms with E-state index >= 15 is 0 Å². The van der Waals surface area contributed by atoms with E-state index in [1.807, 2.05) is 41.5 Å². The number of hydrogen-bond acceptors (Lipinski definition) is 4. The van der Waals surface area contributed by atoms with Gasteiger partial charge in [-0.15, -0.1) is 34.9 Å². The summed E-state index contributed by atoms with van der Waals surface area (Å²) in [4.78, 5) is 21.6. The fraction of sp³-hybridized carbons (Fsp3) is 0.475. The summed E-state index contributed by atoms with van der Waals surface area (Å²) >= 11 is 0. The summed E-state index contributed by atoms with van der Waals surface area (Å²) in [5, 5.41) is 15.3. The Hall–Kier alpha value is -2.66. The molecule has 6 heteroatoms. The summed E-state index contributed by atoms with van der Waals surface area (Å²) in [7, 11) is -1.47. The first kappa shape index (κ1) is 39.5. The van der Waals surface area contributed by atoms with Crippen LogP contribution in [0.5, 0.6) is 0 Å². The molecule has 0 spiro atoms. The molecule has 1 aromatic heterocycles. The molecule has 0 aliphatic rings. The van der Waals surface area contributed by atoms with E-state index in [0.29, 0.717) is 0 Å². The summed E-state index contributed by atoms with van der Waals surface area (Å²) in [5.74, 6) is 0.286. The SMILES string of the molecule is CCC(C)(CC)C(=O)/C=C(\O)C(C)(CC)CC.Cc1[c-]c(-c2ncnc3c2ccc2cc(C)c([Si](C)(C)C)c(C)c23)cc(C)c1.[Ir]. The number of aromatic nitrogens is 2. The molecule has 0 aliphatic carbocycles. The minimum Gasteiger partial charge on any atom is -0.512 e. The fourth-order valence-electron chi connectivity index (χ4n) is 6.46. The van der Waals surface area contributed by atoms with E-state index in [1.165, 1.54) is 33.5 Å². The smallest absolute Gasteiger partial charge is 0.164 e. The molecular formula is C40H55IrN2O2Si-. The third kappa shape index (κ3) is 8.24. The molecule has 251 valence electrons. The Bertz CT molecular complexity index is 1710. The van der Waals surface area contributed by atoms with Gasteiger partial charge in [0, 0.05) is 42.4 Å². The van der Waals surface area contributed by atoms with Gasteiger partial charge in [-0.25, -0.2) is 4.98 Å². The van der Waals surface area contributed by atoms with Crippen LogP contribution in [0.1, 0.15) is 89.5 Å². The maximum Gasteiger partial charge on any atom is 0.164 e. The Morgan fingerprint density at radius 3 is 2.00 bits per heavy atom. The first-order valence-corrected chi connectivity index (χ1v) is 20.1. The second kappa shape index (κ2) is 15.5. The maximum atomic E-state index is 12.2. The molecule has 0 aliphatic heterocycles. The van der Waals surface area contributed by atoms with Crippen LogP contribution in [0.2, 0.25) is 19.6 Å². The van der Waals surface area contributed by atoms with Gasteiger partial charge in [-0.3, -0.25) is 9.78 Å². The van der Waals surface area contributed by atoms with Crippen LogP contribution in [0.4, 0.5) is 0 Å². The summed E-state index contributed by atoms with van der Waals surface area (Å²) in [6.07, 6.45) is 6.46. The molecule has 1 N–H and O–H groups in total. The molecule has 0 fully saturated rings. The zero-order valence-corrected chi connectivity index (χ0v) is 33.8. The molecular weight excluding hydrogens is 761 g/mol. The predicted molar refractivity (Wildman–Crippen MR) is 196 cm³/mol. The fourth-order valence-corrected chi connectivity index (χ4v) is 8.97. The number of hydrogen-bond donors (Lipinski definition) is 1. The van der Waals surface area contributed by atoms with Crippen molar-refractivity contribution in [2.75, 3.05) is 0 Å². The van der Waals surface area contributed by atoms with Crippen molar-refractivity contribution in [2.45, 2.75) is 115 Å². The normalized spacial score (nSPS) is 12.5. The first-order valence-electron chi connectivity index (χ1n) is 16.6. The summed E-state index contributed by atoms with van der Waals surface area (Å²) < 4.78 is 0. The largest absolute Gasteiger partial charge is 0.512 e. The quantitative estimate of drug-likeness (QED) is 0.0601. The van der Waals surface area contributed by atoms with Crippen molar-refractivity contribution >= 4 is 40.7 Å². The number of carbonyl (C=O) groups is 1. The van der Waals surface area contributed by atoms with Crippen LogP contribution >= 0.6 is 0 Å². The van der Waals surface area contributed by atoms with Gasteiger partial charge in [0.1, 0.15) is 12.1 Å². The molecule has 0 saturated heterocycles. The van der Waals surface area contributed by atoms with E-state index in [2.05, 4.69) is 88.7 Å². The van der Waals surface area contributed by atoms with Crippen LogP contribution in [-0.4, -0.2) is 28.9 Å². The van der Waals surface area contributed by atoms with E-state index in [9.17, 15) is 9.90 Å². The number of carbonyl (C=O) groups excluding carboxylic acids is 1. The van der Waals surface area contributed by atoms with Gasteiger partial charge in [0.05, 0.1) is 13.6 Å². The third-order valence-corrected chi connectivity index (χ3v) is 12.4. The van der Waals surface area contributed by atoms with Crippen molar-refractivity contribution in [3.05, 3.63) is 76.8 Å². The zero-order chi connectivity index (χ0) is 33.9. The molecule has 0 amide bonds. The number of benzene rings is 3. The van der Waals surface area contributed by atoms with Gasteiger partial charge in [0.15, 0.2) is 5.78 Å². The topological polar surface area (TPSA) is 63.1 Å². The number of rotatable bonds is 9. The second-order valence-corrected chi connectivity index (χ2v) is 19.4. The van der Waals surface area contributed by atoms with E-state index in [1.54, 1.807) is 11.5 Å². The molecule has 3 aromatic carbocycles. The van der Waals surface area contributed by atoms with Gasteiger partial charge in [-0.05, 0) is 61.6 Å². The molecule has 0 unspecified atom stereocenters. The number of fused-ring (bicyclic) bond motifs is 3. The van der Waals surface area contributed by atoms with Crippen molar-refractivity contribution in [3.63, 3.8) is 0 Å². The van der Waals surface area contributed by atoms with Crippen LogP contribution in [-0.2, 0) is 24.9 Å². The first-order chi connectivity index (χ1) is 21.0. The Labute approximate surface area is 292 Å². The molecule has 4 nitrogen and oxygen atoms in total. The van der Waals surface area contributed by atoms with E-state index in [-0.39, 0.29) is 42.5 Å². The van der Waals surface area contributed by atoms with Crippen molar-refractivity contribution < 1.29 is 30.0 Å². The van der Waals surface area contributed by atoms with E-state index < -0.39 is 8.07 Å². The van der Waals surface area contributed by atoms with Gasteiger partial charge in [0.25, 0.3) is 0 Å². The molecule has 46 heavy (non-hydrogen) atoms.